The van der Waals surface area contributed by atoms with Crippen LogP contribution in [0.25, 0.3) is 0 Å². The SMILES string of the molecule is Cc1cncc(C2CC2C(=O)O)c1. The van der Waals surface area contributed by atoms with Crippen molar-refractivity contribution in [3.05, 3.63) is 29.6 Å². The molecule has 2 atom stereocenters. The molecule has 0 radical (unpaired) electrons. The van der Waals surface area contributed by atoms with E-state index in [1.165, 1.54) is 0 Å². The molecule has 0 aliphatic heterocycles. The summed E-state index contributed by atoms with van der Waals surface area (Å²) in [4.78, 5) is 14.7. The topological polar surface area (TPSA) is 50.2 Å². The van der Waals surface area contributed by atoms with Gasteiger partial charge in [-0.3, -0.25) is 9.78 Å². The van der Waals surface area contributed by atoms with E-state index in [1.807, 2.05) is 13.0 Å². The van der Waals surface area contributed by atoms with Gasteiger partial charge in [-0.05, 0) is 30.4 Å². The first-order chi connectivity index (χ1) is 6.18. The van der Waals surface area contributed by atoms with Crippen molar-refractivity contribution in [1.29, 1.82) is 0 Å². The van der Waals surface area contributed by atoms with Crippen LogP contribution in [-0.2, 0) is 4.79 Å². The Morgan fingerprint density at radius 2 is 2.38 bits per heavy atom. The van der Waals surface area contributed by atoms with E-state index >= 15 is 0 Å². The van der Waals surface area contributed by atoms with E-state index in [2.05, 4.69) is 4.98 Å². The standard InChI is InChI=1S/C10H11NO2/c1-6-2-7(5-11-4-6)8-3-9(8)10(12)13/h2,4-5,8-9H,3H2,1H3,(H,12,13). The number of carboxylic acids is 1. The van der Waals surface area contributed by atoms with Gasteiger partial charge in [-0.25, -0.2) is 0 Å². The number of aliphatic carboxylic acids is 1. The van der Waals surface area contributed by atoms with Gasteiger partial charge in [0, 0.05) is 12.4 Å². The largest absolute Gasteiger partial charge is 0.481 e. The highest BCUT2D eigenvalue weighted by Gasteiger charge is 2.44. The summed E-state index contributed by atoms with van der Waals surface area (Å²) >= 11 is 0. The molecule has 1 aromatic rings. The highest BCUT2D eigenvalue weighted by molar-refractivity contribution is 5.75. The van der Waals surface area contributed by atoms with Gasteiger partial charge >= 0.3 is 5.97 Å². The Hall–Kier alpha value is -1.38. The summed E-state index contributed by atoms with van der Waals surface area (Å²) < 4.78 is 0. The predicted octanol–water partition coefficient (Wildman–Crippen LogP) is 1.58. The molecule has 68 valence electrons. The molecule has 2 unspecified atom stereocenters. The number of pyridine rings is 1. The summed E-state index contributed by atoms with van der Waals surface area (Å²) in [7, 11) is 0. The maximum absolute atomic E-state index is 10.6. The Labute approximate surface area is 76.4 Å². The average Bonchev–Trinajstić information content (AvgIpc) is 2.82. The van der Waals surface area contributed by atoms with Crippen molar-refractivity contribution >= 4 is 5.97 Å². The zero-order valence-corrected chi connectivity index (χ0v) is 7.40. The lowest BCUT2D eigenvalue weighted by Crippen LogP contribution is -1.99. The monoisotopic (exact) mass is 177 g/mol. The van der Waals surface area contributed by atoms with Gasteiger partial charge in [0.05, 0.1) is 5.92 Å². The van der Waals surface area contributed by atoms with Gasteiger partial charge in [-0.15, -0.1) is 0 Å². The van der Waals surface area contributed by atoms with Crippen molar-refractivity contribution < 1.29 is 9.90 Å². The van der Waals surface area contributed by atoms with Crippen LogP contribution in [0.1, 0.15) is 23.5 Å². The third kappa shape index (κ3) is 1.54. The van der Waals surface area contributed by atoms with Gasteiger partial charge in [0.25, 0.3) is 0 Å². The van der Waals surface area contributed by atoms with Crippen molar-refractivity contribution in [3.8, 4) is 0 Å². The van der Waals surface area contributed by atoms with Crippen molar-refractivity contribution in [2.45, 2.75) is 19.3 Å². The van der Waals surface area contributed by atoms with Crippen molar-refractivity contribution in [2.75, 3.05) is 0 Å². The molecule has 1 heterocycles. The minimum absolute atomic E-state index is 0.177. The number of carboxylic acid groups (broad SMARTS) is 1. The number of aryl methyl sites for hydroxylation is 1. The van der Waals surface area contributed by atoms with Crippen LogP contribution in [0, 0.1) is 12.8 Å². The van der Waals surface area contributed by atoms with Gasteiger partial charge in [0.15, 0.2) is 0 Å². The van der Waals surface area contributed by atoms with E-state index in [0.29, 0.717) is 0 Å². The lowest BCUT2D eigenvalue weighted by Gasteiger charge is -1.98. The molecule has 1 N–H and O–H groups in total. The molecule has 1 aromatic heterocycles. The molecule has 1 aliphatic carbocycles. The normalized spacial score (nSPS) is 25.6. The van der Waals surface area contributed by atoms with E-state index < -0.39 is 5.97 Å². The van der Waals surface area contributed by atoms with E-state index in [1.54, 1.807) is 12.4 Å². The molecule has 0 amide bonds. The Bertz CT molecular complexity index is 349. The highest BCUT2D eigenvalue weighted by Crippen LogP contribution is 2.47. The third-order valence-electron chi connectivity index (χ3n) is 2.43. The molecule has 0 bridgehead atoms. The molecule has 3 heteroatoms. The molecule has 13 heavy (non-hydrogen) atoms. The first-order valence-electron chi connectivity index (χ1n) is 4.33. The first-order valence-corrected chi connectivity index (χ1v) is 4.33. The van der Waals surface area contributed by atoms with Crippen LogP contribution < -0.4 is 0 Å². The smallest absolute Gasteiger partial charge is 0.307 e. The van der Waals surface area contributed by atoms with Crippen molar-refractivity contribution in [2.24, 2.45) is 5.92 Å². The third-order valence-corrected chi connectivity index (χ3v) is 2.43. The fourth-order valence-corrected chi connectivity index (χ4v) is 1.62. The Kier molecular flexibility index (Phi) is 1.79. The lowest BCUT2D eigenvalue weighted by molar-refractivity contribution is -0.138. The summed E-state index contributed by atoms with van der Waals surface area (Å²) in [5.41, 5.74) is 2.15. The van der Waals surface area contributed by atoms with E-state index in [0.717, 1.165) is 17.5 Å². The van der Waals surface area contributed by atoms with E-state index in [-0.39, 0.29) is 11.8 Å². The van der Waals surface area contributed by atoms with Crippen LogP contribution >= 0.6 is 0 Å². The fraction of sp³-hybridized carbons (Fsp3) is 0.400. The molecular formula is C10H11NO2. The maximum atomic E-state index is 10.6. The first kappa shape index (κ1) is 8.23. The summed E-state index contributed by atoms with van der Waals surface area (Å²) in [5.74, 6) is -0.667. The predicted molar refractivity (Wildman–Crippen MR) is 47.5 cm³/mol. The minimum atomic E-state index is -0.688. The molecule has 0 spiro atoms. The second kappa shape index (κ2) is 2.83. The van der Waals surface area contributed by atoms with Crippen LogP contribution in [0.5, 0.6) is 0 Å². The lowest BCUT2D eigenvalue weighted by atomic mass is 10.1. The Morgan fingerprint density at radius 3 is 2.92 bits per heavy atom. The minimum Gasteiger partial charge on any atom is -0.481 e. The molecule has 1 fully saturated rings. The van der Waals surface area contributed by atoms with Crippen LogP contribution in [0.4, 0.5) is 0 Å². The van der Waals surface area contributed by atoms with Crippen LogP contribution in [0.3, 0.4) is 0 Å². The summed E-state index contributed by atoms with van der Waals surface area (Å²) in [6, 6.07) is 2.01. The van der Waals surface area contributed by atoms with Crippen LogP contribution in [0.15, 0.2) is 18.5 Å². The molecule has 3 nitrogen and oxygen atoms in total. The number of carbonyl (C=O) groups is 1. The number of hydrogen-bond acceptors (Lipinski definition) is 2. The zero-order valence-electron chi connectivity index (χ0n) is 7.40. The van der Waals surface area contributed by atoms with Gasteiger partial charge in [-0.2, -0.15) is 0 Å². The van der Waals surface area contributed by atoms with Crippen molar-refractivity contribution in [3.63, 3.8) is 0 Å². The second-order valence-corrected chi connectivity index (χ2v) is 3.58. The van der Waals surface area contributed by atoms with E-state index in [4.69, 9.17) is 5.11 Å². The van der Waals surface area contributed by atoms with Crippen LogP contribution in [-0.4, -0.2) is 16.1 Å². The number of aromatic nitrogens is 1. The summed E-state index contributed by atoms with van der Waals surface area (Å²) in [6.07, 6.45) is 4.31. The summed E-state index contributed by atoms with van der Waals surface area (Å²) in [5, 5.41) is 8.73. The number of rotatable bonds is 2. The Balaban J connectivity index is 2.16. The molecule has 2 rings (SSSR count). The number of hydrogen-bond donors (Lipinski definition) is 1. The van der Waals surface area contributed by atoms with Gasteiger partial charge in [-0.1, -0.05) is 6.07 Å². The molecular weight excluding hydrogens is 166 g/mol. The van der Waals surface area contributed by atoms with Gasteiger partial charge < -0.3 is 5.11 Å². The average molecular weight is 177 g/mol. The maximum Gasteiger partial charge on any atom is 0.307 e. The summed E-state index contributed by atoms with van der Waals surface area (Å²) in [6.45, 7) is 1.97. The fourth-order valence-electron chi connectivity index (χ4n) is 1.62. The quantitative estimate of drug-likeness (QED) is 0.746. The van der Waals surface area contributed by atoms with E-state index in [9.17, 15) is 4.79 Å². The zero-order chi connectivity index (χ0) is 9.42. The Morgan fingerprint density at radius 1 is 1.62 bits per heavy atom. The molecule has 1 aliphatic rings. The second-order valence-electron chi connectivity index (χ2n) is 3.58. The highest BCUT2D eigenvalue weighted by atomic mass is 16.4. The number of nitrogens with zero attached hydrogens (tertiary/aromatic N) is 1. The molecule has 0 aromatic carbocycles. The van der Waals surface area contributed by atoms with Crippen LogP contribution in [0.2, 0.25) is 0 Å². The van der Waals surface area contributed by atoms with Gasteiger partial charge in [0.2, 0.25) is 0 Å². The van der Waals surface area contributed by atoms with Crippen molar-refractivity contribution in [1.82, 2.24) is 4.98 Å². The molecule has 1 saturated carbocycles. The molecule has 0 saturated heterocycles. The van der Waals surface area contributed by atoms with Gasteiger partial charge in [0.1, 0.15) is 0 Å².